The molecule has 0 saturated carbocycles. The molecule has 0 aliphatic heterocycles. The molecule has 2 rings (SSSR count). The van der Waals surface area contributed by atoms with E-state index in [0.717, 1.165) is 0 Å². The van der Waals surface area contributed by atoms with Crippen LogP contribution in [-0.2, 0) is 9.53 Å². The highest BCUT2D eigenvalue weighted by molar-refractivity contribution is 5.62. The monoisotopic (exact) mass is 242 g/mol. The number of benzene rings is 2. The third-order valence-corrected chi connectivity index (χ3v) is 2.21. The van der Waals surface area contributed by atoms with E-state index < -0.39 is 0 Å². The minimum Gasteiger partial charge on any atom is -0.465 e. The largest absolute Gasteiger partial charge is 0.465 e. The molecule has 0 atom stereocenters. The van der Waals surface area contributed by atoms with Gasteiger partial charge in [0.25, 0.3) is 6.47 Å². The lowest BCUT2D eigenvalue weighted by atomic mass is 10.1. The Morgan fingerprint density at radius 2 is 1.22 bits per heavy atom. The zero-order valence-corrected chi connectivity index (χ0v) is 10.7. The lowest BCUT2D eigenvalue weighted by molar-refractivity contribution is -0.131. The SMILES string of the molecule is CC(C)OC=O.c1ccc(-c2ccccc2)cc1. The van der Waals surface area contributed by atoms with Gasteiger partial charge in [-0.2, -0.15) is 0 Å². The molecule has 2 nitrogen and oxygen atoms in total. The van der Waals surface area contributed by atoms with E-state index in [1.54, 1.807) is 13.8 Å². The average Bonchev–Trinajstić information content (AvgIpc) is 2.41. The molecule has 0 aliphatic rings. The summed E-state index contributed by atoms with van der Waals surface area (Å²) in [6, 6.07) is 20.8. The highest BCUT2D eigenvalue weighted by Gasteiger charge is 1.91. The predicted molar refractivity (Wildman–Crippen MR) is 74.2 cm³/mol. The van der Waals surface area contributed by atoms with E-state index in [-0.39, 0.29) is 6.10 Å². The zero-order chi connectivity index (χ0) is 13.2. The fourth-order valence-electron chi connectivity index (χ4n) is 1.37. The second-order valence-electron chi connectivity index (χ2n) is 4.01. The van der Waals surface area contributed by atoms with E-state index in [1.165, 1.54) is 11.1 Å². The average molecular weight is 242 g/mol. The third-order valence-electron chi connectivity index (χ3n) is 2.21. The fraction of sp³-hybridized carbons (Fsp3) is 0.188. The Hall–Kier alpha value is -2.09. The topological polar surface area (TPSA) is 26.3 Å². The molecule has 0 spiro atoms. The van der Waals surface area contributed by atoms with Gasteiger partial charge in [0.1, 0.15) is 0 Å². The van der Waals surface area contributed by atoms with Crippen LogP contribution in [0.15, 0.2) is 60.7 Å². The van der Waals surface area contributed by atoms with Crippen LogP contribution in [-0.4, -0.2) is 12.6 Å². The summed E-state index contributed by atoms with van der Waals surface area (Å²) < 4.78 is 4.36. The van der Waals surface area contributed by atoms with Crippen molar-refractivity contribution in [2.24, 2.45) is 0 Å². The summed E-state index contributed by atoms with van der Waals surface area (Å²) in [6.45, 7) is 4.05. The molecule has 0 aromatic heterocycles. The molecule has 0 aliphatic carbocycles. The predicted octanol–water partition coefficient (Wildman–Crippen LogP) is 3.92. The first-order valence-corrected chi connectivity index (χ1v) is 5.93. The molecule has 0 radical (unpaired) electrons. The van der Waals surface area contributed by atoms with Crippen LogP contribution in [0.25, 0.3) is 11.1 Å². The third kappa shape index (κ3) is 5.30. The van der Waals surface area contributed by atoms with Crippen LogP contribution in [0.3, 0.4) is 0 Å². The first-order chi connectivity index (χ1) is 8.74. The molecule has 2 aromatic carbocycles. The maximum atomic E-state index is 9.39. The van der Waals surface area contributed by atoms with Crippen molar-refractivity contribution in [2.75, 3.05) is 0 Å². The van der Waals surface area contributed by atoms with Gasteiger partial charge in [0.05, 0.1) is 6.10 Å². The lowest BCUT2D eigenvalue weighted by Gasteiger charge is -1.98. The summed E-state index contributed by atoms with van der Waals surface area (Å²) in [4.78, 5) is 9.39. The number of carbonyl (C=O) groups excluding carboxylic acids is 1. The number of ether oxygens (including phenoxy) is 1. The molecule has 94 valence electrons. The second kappa shape index (κ2) is 8.07. The summed E-state index contributed by atoms with van der Waals surface area (Å²) in [7, 11) is 0. The summed E-state index contributed by atoms with van der Waals surface area (Å²) in [6.07, 6.45) is 0.0301. The minimum absolute atomic E-state index is 0.0301. The molecule has 0 amide bonds. The highest BCUT2D eigenvalue weighted by atomic mass is 16.5. The highest BCUT2D eigenvalue weighted by Crippen LogP contribution is 2.17. The molecule has 0 fully saturated rings. The normalized spacial score (nSPS) is 9.28. The van der Waals surface area contributed by atoms with Gasteiger partial charge in [0.15, 0.2) is 0 Å². The fourth-order valence-corrected chi connectivity index (χ4v) is 1.37. The quantitative estimate of drug-likeness (QED) is 0.762. The van der Waals surface area contributed by atoms with Gasteiger partial charge >= 0.3 is 0 Å². The lowest BCUT2D eigenvalue weighted by Crippen LogP contribution is -1.98. The van der Waals surface area contributed by atoms with Crippen LogP contribution < -0.4 is 0 Å². The standard InChI is InChI=1S/C12H10.C4H8O2/c1-3-7-11(8-4-1)12-9-5-2-6-10-12;1-4(2)6-3-5/h1-10H;3-4H,1-2H3. The summed E-state index contributed by atoms with van der Waals surface area (Å²) >= 11 is 0. The van der Waals surface area contributed by atoms with Crippen LogP contribution in [0.1, 0.15) is 13.8 Å². The Morgan fingerprint density at radius 1 is 0.833 bits per heavy atom. The van der Waals surface area contributed by atoms with Gasteiger partial charge in [-0.15, -0.1) is 0 Å². The van der Waals surface area contributed by atoms with Crippen LogP contribution >= 0.6 is 0 Å². The number of hydrogen-bond donors (Lipinski definition) is 0. The number of carbonyl (C=O) groups is 1. The Morgan fingerprint density at radius 3 is 1.44 bits per heavy atom. The maximum Gasteiger partial charge on any atom is 0.293 e. The molecule has 0 N–H and O–H groups in total. The molecule has 0 unspecified atom stereocenters. The van der Waals surface area contributed by atoms with Crippen LogP contribution in [0.5, 0.6) is 0 Å². The van der Waals surface area contributed by atoms with E-state index in [0.29, 0.717) is 6.47 Å². The summed E-state index contributed by atoms with van der Waals surface area (Å²) in [5.74, 6) is 0. The minimum atomic E-state index is 0.0301. The number of rotatable bonds is 3. The van der Waals surface area contributed by atoms with Gasteiger partial charge in [-0.3, -0.25) is 4.79 Å². The van der Waals surface area contributed by atoms with Crippen molar-refractivity contribution in [3.8, 4) is 11.1 Å². The van der Waals surface area contributed by atoms with Crippen molar-refractivity contribution in [3.05, 3.63) is 60.7 Å². The van der Waals surface area contributed by atoms with Crippen molar-refractivity contribution in [2.45, 2.75) is 20.0 Å². The first-order valence-electron chi connectivity index (χ1n) is 5.93. The van der Waals surface area contributed by atoms with Gasteiger partial charge < -0.3 is 4.74 Å². The molecule has 0 heterocycles. The Balaban J connectivity index is 0.000000232. The van der Waals surface area contributed by atoms with Gasteiger partial charge in [-0.25, -0.2) is 0 Å². The van der Waals surface area contributed by atoms with Gasteiger partial charge in [-0.1, -0.05) is 60.7 Å². The van der Waals surface area contributed by atoms with Crippen molar-refractivity contribution in [3.63, 3.8) is 0 Å². The van der Waals surface area contributed by atoms with Crippen LogP contribution in [0.2, 0.25) is 0 Å². The van der Waals surface area contributed by atoms with E-state index in [9.17, 15) is 4.79 Å². The van der Waals surface area contributed by atoms with Gasteiger partial charge in [-0.05, 0) is 25.0 Å². The van der Waals surface area contributed by atoms with E-state index in [1.807, 2.05) is 12.1 Å². The van der Waals surface area contributed by atoms with Gasteiger partial charge in [0, 0.05) is 0 Å². The maximum absolute atomic E-state index is 9.39. The van der Waals surface area contributed by atoms with Crippen molar-refractivity contribution < 1.29 is 9.53 Å². The number of hydrogen-bond acceptors (Lipinski definition) is 2. The Kier molecular flexibility index (Phi) is 6.26. The van der Waals surface area contributed by atoms with Crippen LogP contribution in [0.4, 0.5) is 0 Å². The Bertz CT molecular complexity index is 398. The van der Waals surface area contributed by atoms with E-state index >= 15 is 0 Å². The zero-order valence-electron chi connectivity index (χ0n) is 10.7. The van der Waals surface area contributed by atoms with E-state index in [4.69, 9.17) is 0 Å². The molecule has 2 aromatic rings. The van der Waals surface area contributed by atoms with Crippen molar-refractivity contribution in [1.29, 1.82) is 0 Å². The molecular weight excluding hydrogens is 224 g/mol. The summed E-state index contributed by atoms with van der Waals surface area (Å²) in [5, 5.41) is 0. The van der Waals surface area contributed by atoms with Crippen molar-refractivity contribution >= 4 is 6.47 Å². The van der Waals surface area contributed by atoms with E-state index in [2.05, 4.69) is 53.3 Å². The first kappa shape index (κ1) is 14.0. The molecular formula is C16H18O2. The molecule has 0 saturated heterocycles. The second-order valence-corrected chi connectivity index (χ2v) is 4.01. The van der Waals surface area contributed by atoms with Gasteiger partial charge in [0.2, 0.25) is 0 Å². The smallest absolute Gasteiger partial charge is 0.293 e. The molecule has 18 heavy (non-hydrogen) atoms. The van der Waals surface area contributed by atoms with Crippen molar-refractivity contribution in [1.82, 2.24) is 0 Å². The Labute approximate surface area is 108 Å². The molecule has 0 bridgehead atoms. The van der Waals surface area contributed by atoms with Crippen LogP contribution in [0, 0.1) is 0 Å². The summed E-state index contributed by atoms with van der Waals surface area (Å²) in [5.41, 5.74) is 2.55. The molecule has 2 heteroatoms.